The first-order chi connectivity index (χ1) is 21.6. The zero-order chi connectivity index (χ0) is 33.4. The number of hydrogen-bond donors (Lipinski definition) is 1. The highest BCUT2D eigenvalue weighted by Gasteiger charge is 2.44. The monoisotopic (exact) mass is 646 g/mol. The molecule has 2 aromatic carbocycles. The summed E-state index contributed by atoms with van der Waals surface area (Å²) in [6.45, 7) is 9.12. The van der Waals surface area contributed by atoms with Crippen LogP contribution in [-0.2, 0) is 35.4 Å². The zero-order valence-electron chi connectivity index (χ0n) is 26.8. The lowest BCUT2D eigenvalue weighted by Crippen LogP contribution is -2.32. The van der Waals surface area contributed by atoms with Gasteiger partial charge < -0.3 is 9.74 Å². The minimum absolute atomic E-state index is 0.0354. The van der Waals surface area contributed by atoms with Crippen LogP contribution in [0.5, 0.6) is 0 Å². The summed E-state index contributed by atoms with van der Waals surface area (Å²) in [4.78, 5) is 44.0. The molecule has 242 valence electrons. The quantitative estimate of drug-likeness (QED) is 0.120. The maximum Gasteiger partial charge on any atom is 0.363 e. The Bertz CT molecular complexity index is 1820. The van der Waals surface area contributed by atoms with Gasteiger partial charge in [-0.25, -0.2) is 4.79 Å². The van der Waals surface area contributed by atoms with Crippen LogP contribution in [-0.4, -0.2) is 65.4 Å². The van der Waals surface area contributed by atoms with Crippen LogP contribution in [0.15, 0.2) is 78.5 Å². The molecule has 1 N–H and O–H groups in total. The van der Waals surface area contributed by atoms with Crippen molar-refractivity contribution in [2.45, 2.75) is 64.2 Å². The molecular weight excluding hydrogens is 606 g/mol. The SMILES string of the molecule is C[N+]1=C(C=CC=CC=C2N(CCCCS(=O)(=O)O)c3ccccc3C2(C)C)C(C)(C)c2cc(C(=O)ON3C(=O)CCC3=O)ccc21. The molecule has 0 aromatic heterocycles. The molecule has 0 atom stereocenters. The van der Waals surface area contributed by atoms with E-state index in [0.29, 0.717) is 24.4 Å². The number of para-hydroxylation sites is 1. The number of hydrogen-bond acceptors (Lipinski definition) is 7. The molecule has 0 unspecified atom stereocenters. The van der Waals surface area contributed by atoms with Crippen LogP contribution in [0.4, 0.5) is 11.4 Å². The molecule has 0 radical (unpaired) electrons. The Labute approximate surface area is 270 Å². The first-order valence-corrected chi connectivity index (χ1v) is 17.0. The Balaban J connectivity index is 1.32. The molecule has 3 aliphatic rings. The molecule has 5 rings (SSSR count). The molecule has 46 heavy (non-hydrogen) atoms. The van der Waals surface area contributed by atoms with E-state index < -0.39 is 33.3 Å². The highest BCUT2D eigenvalue weighted by molar-refractivity contribution is 7.85. The molecule has 11 heteroatoms. The lowest BCUT2D eigenvalue weighted by molar-refractivity contribution is -0.401. The third-order valence-electron chi connectivity index (χ3n) is 9.01. The Morgan fingerprint density at radius 2 is 1.65 bits per heavy atom. The third kappa shape index (κ3) is 6.34. The van der Waals surface area contributed by atoms with E-state index in [-0.39, 0.29) is 29.6 Å². The van der Waals surface area contributed by atoms with Crippen molar-refractivity contribution in [1.29, 1.82) is 0 Å². The lowest BCUT2D eigenvalue weighted by Gasteiger charge is -2.27. The van der Waals surface area contributed by atoms with Gasteiger partial charge >= 0.3 is 5.97 Å². The van der Waals surface area contributed by atoms with Crippen LogP contribution >= 0.6 is 0 Å². The van der Waals surface area contributed by atoms with Gasteiger partial charge in [0.05, 0.1) is 16.7 Å². The minimum atomic E-state index is -3.99. The van der Waals surface area contributed by atoms with Crippen molar-refractivity contribution in [1.82, 2.24) is 5.06 Å². The van der Waals surface area contributed by atoms with E-state index in [1.54, 1.807) is 12.1 Å². The second-order valence-electron chi connectivity index (χ2n) is 12.8. The zero-order valence-corrected chi connectivity index (χ0v) is 27.6. The fourth-order valence-corrected chi connectivity index (χ4v) is 7.12. The fourth-order valence-electron chi connectivity index (χ4n) is 6.55. The van der Waals surface area contributed by atoms with Crippen LogP contribution < -0.4 is 4.90 Å². The number of carbonyl (C=O) groups excluding carboxylic acids is 3. The van der Waals surface area contributed by atoms with Crippen LogP contribution in [0.1, 0.15) is 74.9 Å². The van der Waals surface area contributed by atoms with Crippen LogP contribution in [0.25, 0.3) is 0 Å². The number of imide groups is 1. The largest absolute Gasteiger partial charge is 0.363 e. The van der Waals surface area contributed by atoms with Gasteiger partial charge in [-0.3, -0.25) is 14.1 Å². The maximum atomic E-state index is 12.8. The molecule has 2 aromatic rings. The standard InChI is InChI=1S/C35H39N3O7S/c1-34(2)25-13-9-10-14-28(25)37(21-11-12-22-46(42,43)44)30(34)16-8-6-7-15-29-35(3,4)26-23-24(17-18-27(26)36(29)5)33(41)45-38-31(39)19-20-32(38)40/h6-10,13-18,23H,11-12,19-22H2,1-5H3/p+1. The van der Waals surface area contributed by atoms with Crippen molar-refractivity contribution in [3.63, 3.8) is 0 Å². The van der Waals surface area contributed by atoms with Gasteiger partial charge in [-0.1, -0.05) is 50.3 Å². The number of amides is 2. The van der Waals surface area contributed by atoms with Crippen molar-refractivity contribution in [2.75, 3.05) is 24.2 Å². The molecule has 0 bridgehead atoms. The number of rotatable bonds is 10. The molecule has 1 fully saturated rings. The van der Waals surface area contributed by atoms with Crippen molar-refractivity contribution >= 4 is 45.0 Å². The van der Waals surface area contributed by atoms with E-state index in [1.165, 1.54) is 5.56 Å². The first-order valence-electron chi connectivity index (χ1n) is 15.3. The van der Waals surface area contributed by atoms with E-state index >= 15 is 0 Å². The van der Waals surface area contributed by atoms with Gasteiger partial charge in [-0.05, 0) is 56.5 Å². The van der Waals surface area contributed by atoms with Gasteiger partial charge in [0.25, 0.3) is 21.9 Å². The van der Waals surface area contributed by atoms with Gasteiger partial charge in [-0.15, -0.1) is 5.06 Å². The third-order valence-corrected chi connectivity index (χ3v) is 9.82. The topological polar surface area (TPSA) is 124 Å². The van der Waals surface area contributed by atoms with Crippen molar-refractivity contribution < 1.29 is 36.8 Å². The molecule has 2 amide bonds. The lowest BCUT2D eigenvalue weighted by atomic mass is 9.81. The number of benzene rings is 2. The number of unbranched alkanes of at least 4 members (excludes halogenated alkanes) is 1. The summed E-state index contributed by atoms with van der Waals surface area (Å²) in [5.41, 5.74) is 5.82. The number of carbonyl (C=O) groups is 3. The summed E-state index contributed by atoms with van der Waals surface area (Å²) >= 11 is 0. The molecule has 0 spiro atoms. The van der Waals surface area contributed by atoms with Gasteiger partial charge in [0.15, 0.2) is 5.71 Å². The molecule has 0 aliphatic carbocycles. The second-order valence-corrected chi connectivity index (χ2v) is 14.4. The average Bonchev–Trinajstić information content (AvgIpc) is 3.50. The van der Waals surface area contributed by atoms with Crippen LogP contribution in [0.3, 0.4) is 0 Å². The van der Waals surface area contributed by atoms with E-state index in [0.717, 1.165) is 28.3 Å². The smallest absolute Gasteiger partial charge is 0.344 e. The minimum Gasteiger partial charge on any atom is -0.344 e. The summed E-state index contributed by atoms with van der Waals surface area (Å²) in [7, 11) is -2.02. The highest BCUT2D eigenvalue weighted by atomic mass is 32.2. The van der Waals surface area contributed by atoms with Gasteiger partial charge in [0, 0.05) is 53.9 Å². The number of nitrogens with zero attached hydrogens (tertiary/aromatic N) is 3. The summed E-state index contributed by atoms with van der Waals surface area (Å²) in [5, 5.41) is 0.559. The molecule has 3 heterocycles. The number of allylic oxidation sites excluding steroid dienone is 6. The normalized spacial score (nSPS) is 19.7. The van der Waals surface area contributed by atoms with Crippen LogP contribution in [0.2, 0.25) is 0 Å². The van der Waals surface area contributed by atoms with E-state index in [9.17, 15) is 22.8 Å². The Kier molecular flexibility index (Phi) is 8.94. The van der Waals surface area contributed by atoms with E-state index in [1.807, 2.05) is 49.6 Å². The Hall–Kier alpha value is -4.35. The Morgan fingerprint density at radius 1 is 0.957 bits per heavy atom. The molecular formula is C35H40N3O7S+. The summed E-state index contributed by atoms with van der Waals surface area (Å²) < 4.78 is 33.6. The predicted octanol–water partition coefficient (Wildman–Crippen LogP) is 5.38. The summed E-state index contributed by atoms with van der Waals surface area (Å²) in [6.07, 6.45) is 11.1. The van der Waals surface area contributed by atoms with E-state index in [4.69, 9.17) is 9.39 Å². The predicted molar refractivity (Wildman–Crippen MR) is 176 cm³/mol. The van der Waals surface area contributed by atoms with Gasteiger partial charge in [0.1, 0.15) is 7.05 Å². The molecule has 10 nitrogen and oxygen atoms in total. The first kappa shape index (κ1) is 33.0. The second kappa shape index (κ2) is 12.4. The fraction of sp³-hybridized carbons (Fsp3) is 0.371. The Morgan fingerprint density at radius 3 is 2.35 bits per heavy atom. The van der Waals surface area contributed by atoms with Crippen molar-refractivity contribution in [3.8, 4) is 0 Å². The maximum absolute atomic E-state index is 12.8. The van der Waals surface area contributed by atoms with Crippen LogP contribution in [0, 0.1) is 0 Å². The summed E-state index contributed by atoms with van der Waals surface area (Å²) in [6, 6.07) is 13.4. The highest BCUT2D eigenvalue weighted by Crippen LogP contribution is 2.47. The van der Waals surface area contributed by atoms with Gasteiger partial charge in [0.2, 0.25) is 5.69 Å². The molecule has 1 saturated heterocycles. The van der Waals surface area contributed by atoms with Crippen molar-refractivity contribution in [2.24, 2.45) is 0 Å². The molecule has 0 saturated carbocycles. The van der Waals surface area contributed by atoms with Gasteiger partial charge in [-0.2, -0.15) is 13.0 Å². The summed E-state index contributed by atoms with van der Waals surface area (Å²) in [5.74, 6) is -2.05. The number of anilines is 1. The van der Waals surface area contributed by atoms with Crippen molar-refractivity contribution in [3.05, 3.63) is 95.2 Å². The molecule has 3 aliphatic heterocycles. The number of fused-ring (bicyclic) bond motifs is 2. The average molecular weight is 647 g/mol. The van der Waals surface area contributed by atoms with E-state index in [2.05, 4.69) is 55.4 Å². The number of hydroxylamine groups is 2.